The van der Waals surface area contributed by atoms with Gasteiger partial charge in [-0.3, -0.25) is 13.9 Å². The Kier molecular flexibility index (Phi) is 8.34. The number of benzene rings is 3. The summed E-state index contributed by atoms with van der Waals surface area (Å²) in [4.78, 5) is 26.9. The molecule has 8 heteroatoms. The van der Waals surface area contributed by atoms with E-state index in [1.165, 1.54) is 0 Å². The van der Waals surface area contributed by atoms with Gasteiger partial charge in [0, 0.05) is 23.0 Å². The molecule has 5 aromatic rings. The Morgan fingerprint density at radius 1 is 0.929 bits per heavy atom. The Labute approximate surface area is 246 Å². The van der Waals surface area contributed by atoms with E-state index in [0.717, 1.165) is 59.2 Å². The highest BCUT2D eigenvalue weighted by atomic mass is 16.2. The molecule has 0 saturated heterocycles. The number of unbranched alkanes of at least 4 members (excludes halogenated alkanes) is 2. The first-order valence-electron chi connectivity index (χ1n) is 14.6. The van der Waals surface area contributed by atoms with Crippen molar-refractivity contribution in [2.45, 2.75) is 72.3 Å². The first kappa shape index (κ1) is 28.9. The molecule has 1 N–H and O–H groups in total. The van der Waals surface area contributed by atoms with Gasteiger partial charge in [0.1, 0.15) is 0 Å². The normalized spacial score (nSPS) is 11.6. The van der Waals surface area contributed by atoms with Gasteiger partial charge in [0.25, 0.3) is 0 Å². The Hall–Kier alpha value is -4.59. The van der Waals surface area contributed by atoms with E-state index in [9.17, 15) is 9.59 Å². The van der Waals surface area contributed by atoms with Crippen LogP contribution in [0.1, 0.15) is 81.1 Å². The van der Waals surface area contributed by atoms with Crippen LogP contribution in [0.3, 0.4) is 0 Å². The van der Waals surface area contributed by atoms with E-state index in [4.69, 9.17) is 0 Å². The largest absolute Gasteiger partial charge is 0.333 e. The van der Waals surface area contributed by atoms with E-state index in [0.29, 0.717) is 23.6 Å². The van der Waals surface area contributed by atoms with Crippen LogP contribution in [-0.2, 0) is 18.4 Å². The first-order valence-corrected chi connectivity index (χ1v) is 14.6. The highest BCUT2D eigenvalue weighted by Gasteiger charge is 2.25. The molecular weight excluding hydrogens is 524 g/mol. The number of H-pyrrole nitrogens is 1. The second-order valence-corrected chi connectivity index (χ2v) is 11.8. The zero-order chi connectivity index (χ0) is 29.9. The maximum absolute atomic E-state index is 14.1. The van der Waals surface area contributed by atoms with Gasteiger partial charge in [-0.1, -0.05) is 101 Å². The van der Waals surface area contributed by atoms with Crippen molar-refractivity contribution >= 4 is 5.78 Å². The summed E-state index contributed by atoms with van der Waals surface area (Å²) in [6.45, 7) is 10.5. The topological polar surface area (TPSA) is 98.5 Å². The molecule has 8 nitrogen and oxygen atoms in total. The van der Waals surface area contributed by atoms with E-state index in [-0.39, 0.29) is 16.9 Å². The van der Waals surface area contributed by atoms with Crippen molar-refractivity contribution in [3.63, 3.8) is 0 Å². The number of carbonyl (C=O) groups excluding carboxylic acids is 1. The Bertz CT molecular complexity index is 1740. The molecule has 0 aliphatic heterocycles. The molecule has 2 heterocycles. The first-order chi connectivity index (χ1) is 20.2. The number of nitrogens with one attached hydrogen (secondary N) is 1. The molecule has 216 valence electrons. The van der Waals surface area contributed by atoms with Crippen LogP contribution in [0, 0.1) is 0 Å². The monoisotopic (exact) mass is 562 g/mol. The lowest BCUT2D eigenvalue weighted by Crippen LogP contribution is -2.28. The molecule has 5 rings (SSSR count). The zero-order valence-electron chi connectivity index (χ0n) is 25.0. The Morgan fingerprint density at radius 3 is 2.31 bits per heavy atom. The number of ketones is 1. The molecular formula is C34H38N6O2. The van der Waals surface area contributed by atoms with Gasteiger partial charge in [0.2, 0.25) is 5.82 Å². The van der Waals surface area contributed by atoms with E-state index in [1.807, 2.05) is 53.2 Å². The highest BCUT2D eigenvalue weighted by Crippen LogP contribution is 2.32. The second kappa shape index (κ2) is 12.1. The van der Waals surface area contributed by atoms with Crippen molar-refractivity contribution in [1.29, 1.82) is 0 Å². The molecule has 0 saturated carbocycles. The van der Waals surface area contributed by atoms with Gasteiger partial charge in [-0.25, -0.2) is 4.79 Å². The average Bonchev–Trinajstić information content (AvgIpc) is 3.62. The summed E-state index contributed by atoms with van der Waals surface area (Å²) in [5.74, 6) is 0.486. The molecule has 2 aromatic heterocycles. The molecule has 0 aliphatic rings. The number of hydrogen-bond acceptors (Lipinski definition) is 5. The average molecular weight is 563 g/mol. The highest BCUT2D eigenvalue weighted by molar-refractivity contribution is 5.98. The minimum atomic E-state index is -0.252. The minimum Gasteiger partial charge on any atom is -0.294 e. The number of Topliss-reactive ketones (excluding diaryl/α,β-unsaturated/α-hetero) is 1. The maximum Gasteiger partial charge on any atom is 0.333 e. The number of imidazole rings is 1. The van der Waals surface area contributed by atoms with E-state index in [1.54, 1.807) is 11.5 Å². The van der Waals surface area contributed by atoms with Crippen molar-refractivity contribution < 1.29 is 4.79 Å². The van der Waals surface area contributed by atoms with E-state index >= 15 is 0 Å². The van der Waals surface area contributed by atoms with Crippen molar-refractivity contribution in [3.05, 3.63) is 106 Å². The van der Waals surface area contributed by atoms with E-state index in [2.05, 4.69) is 72.6 Å². The molecule has 0 radical (unpaired) electrons. The van der Waals surface area contributed by atoms with Crippen LogP contribution in [0.2, 0.25) is 0 Å². The Balaban J connectivity index is 1.55. The van der Waals surface area contributed by atoms with Gasteiger partial charge in [0.05, 0.1) is 12.2 Å². The summed E-state index contributed by atoms with van der Waals surface area (Å²) >= 11 is 0. The van der Waals surface area contributed by atoms with Gasteiger partial charge >= 0.3 is 5.69 Å². The number of rotatable bonds is 10. The van der Waals surface area contributed by atoms with E-state index < -0.39 is 0 Å². The molecule has 0 atom stereocenters. The maximum atomic E-state index is 14.1. The second-order valence-electron chi connectivity index (χ2n) is 11.8. The smallest absolute Gasteiger partial charge is 0.294 e. The SMILES string of the molecule is CCCCCc1cn(-c2c(C(C)=O)cccc2C(C)(C)C)c(=O)n1Cc1ccc(-c2ccccc2-c2nn[nH]n2)cc1. The fourth-order valence-electron chi connectivity index (χ4n) is 5.48. The van der Waals surface area contributed by atoms with Gasteiger partial charge < -0.3 is 0 Å². The molecule has 0 fully saturated rings. The number of aromatic amines is 1. The number of nitrogens with zero attached hydrogens (tertiary/aromatic N) is 5. The van der Waals surface area contributed by atoms with Gasteiger partial charge in [-0.05, 0) is 58.7 Å². The molecule has 0 aliphatic carbocycles. The van der Waals surface area contributed by atoms with Gasteiger partial charge in [-0.2, -0.15) is 5.21 Å². The summed E-state index contributed by atoms with van der Waals surface area (Å²) in [6, 6.07) is 22.0. The number of aromatic nitrogens is 6. The molecule has 3 aromatic carbocycles. The lowest BCUT2D eigenvalue weighted by molar-refractivity contribution is 0.101. The van der Waals surface area contributed by atoms with Crippen LogP contribution < -0.4 is 5.69 Å². The third-order valence-corrected chi connectivity index (χ3v) is 7.68. The summed E-state index contributed by atoms with van der Waals surface area (Å²) in [7, 11) is 0. The van der Waals surface area contributed by atoms with Crippen LogP contribution >= 0.6 is 0 Å². The van der Waals surface area contributed by atoms with Crippen LogP contribution in [0.4, 0.5) is 0 Å². The fraction of sp³-hybridized carbons (Fsp3) is 0.324. The molecule has 42 heavy (non-hydrogen) atoms. The molecule has 0 amide bonds. The number of para-hydroxylation sites is 1. The molecule has 0 unspecified atom stereocenters. The van der Waals surface area contributed by atoms with Crippen LogP contribution in [0.5, 0.6) is 0 Å². The van der Waals surface area contributed by atoms with Crippen LogP contribution in [0.25, 0.3) is 28.2 Å². The zero-order valence-corrected chi connectivity index (χ0v) is 25.0. The standard InChI is InChI=1S/C34H38N6O2/c1-6-7-8-12-26-22-40(31-27(23(2)41)15-11-16-30(31)34(3,4)5)33(42)39(26)21-24-17-19-25(20-18-24)28-13-9-10-14-29(28)32-35-37-38-36-32/h9-11,13-20,22H,6-8,12,21H2,1-5H3,(H,35,36,37,38). The van der Waals surface area contributed by atoms with Crippen molar-refractivity contribution in [3.8, 4) is 28.2 Å². The van der Waals surface area contributed by atoms with Crippen molar-refractivity contribution in [2.24, 2.45) is 0 Å². The lowest BCUT2D eigenvalue weighted by Gasteiger charge is -2.24. The van der Waals surface area contributed by atoms with Gasteiger partial charge in [-0.15, -0.1) is 10.2 Å². The number of tetrazole rings is 1. The van der Waals surface area contributed by atoms with Crippen molar-refractivity contribution in [2.75, 3.05) is 0 Å². The van der Waals surface area contributed by atoms with Crippen LogP contribution in [-0.4, -0.2) is 35.5 Å². The van der Waals surface area contributed by atoms with Gasteiger partial charge in [0.15, 0.2) is 5.78 Å². The summed E-state index contributed by atoms with van der Waals surface area (Å²) in [5.41, 5.74) is 6.75. The molecule has 0 spiro atoms. The third-order valence-electron chi connectivity index (χ3n) is 7.68. The number of aryl methyl sites for hydroxylation is 1. The molecule has 0 bridgehead atoms. The number of carbonyl (C=O) groups is 1. The summed E-state index contributed by atoms with van der Waals surface area (Å²) in [5, 5.41) is 14.5. The Morgan fingerprint density at radius 2 is 1.67 bits per heavy atom. The van der Waals surface area contributed by atoms with Crippen LogP contribution in [0.15, 0.2) is 77.7 Å². The summed E-state index contributed by atoms with van der Waals surface area (Å²) in [6.07, 6.45) is 5.92. The predicted octanol–water partition coefficient (Wildman–Crippen LogP) is 6.77. The quantitative estimate of drug-likeness (QED) is 0.150. The lowest BCUT2D eigenvalue weighted by atomic mass is 9.84. The summed E-state index contributed by atoms with van der Waals surface area (Å²) < 4.78 is 3.56. The fourth-order valence-corrected chi connectivity index (χ4v) is 5.48. The minimum absolute atomic E-state index is 0.0556. The third kappa shape index (κ3) is 5.88. The van der Waals surface area contributed by atoms with Crippen molar-refractivity contribution in [1.82, 2.24) is 29.8 Å². The predicted molar refractivity (Wildman–Crippen MR) is 166 cm³/mol. The number of hydrogen-bond donors (Lipinski definition) is 1.